The molecule has 0 unspecified atom stereocenters. The number of nitrogens with one attached hydrogen (secondary N) is 1. The summed E-state index contributed by atoms with van der Waals surface area (Å²) in [5, 5.41) is 0. The van der Waals surface area contributed by atoms with Crippen LogP contribution in [0.25, 0.3) is 33.9 Å². The van der Waals surface area contributed by atoms with Crippen LogP contribution in [0.5, 0.6) is 0 Å². The highest BCUT2D eigenvalue weighted by atomic mass is 16.3. The molecule has 5 heteroatoms. The second-order valence-electron chi connectivity index (χ2n) is 6.46. The van der Waals surface area contributed by atoms with E-state index < -0.39 is 0 Å². The van der Waals surface area contributed by atoms with Crippen LogP contribution in [0.1, 0.15) is 5.56 Å². The molecule has 0 radical (unpaired) electrons. The number of aromatic nitrogens is 2. The van der Waals surface area contributed by atoms with Gasteiger partial charge in [0.1, 0.15) is 5.76 Å². The van der Waals surface area contributed by atoms with Gasteiger partial charge in [0.2, 0.25) is 0 Å². The average Bonchev–Trinajstić information content (AvgIpc) is 3.42. The van der Waals surface area contributed by atoms with Gasteiger partial charge in [0.15, 0.2) is 11.6 Å². The lowest BCUT2D eigenvalue weighted by Gasteiger charge is -2.13. The zero-order chi connectivity index (χ0) is 17.3. The minimum absolute atomic E-state index is 0.744. The summed E-state index contributed by atoms with van der Waals surface area (Å²) in [5.74, 6) is 2.34. The number of benzene rings is 2. The quantitative estimate of drug-likeness (QED) is 0.600. The summed E-state index contributed by atoms with van der Waals surface area (Å²) in [6.07, 6.45) is 1.93. The van der Waals surface area contributed by atoms with E-state index in [0.717, 1.165) is 53.6 Å². The van der Waals surface area contributed by atoms with Crippen molar-refractivity contribution in [2.24, 2.45) is 4.99 Å². The fraction of sp³-hybridized carbons (Fsp3) is 0.143. The molecule has 0 spiro atoms. The minimum atomic E-state index is 0.744. The number of fused-ring (bicyclic) bond motifs is 1. The van der Waals surface area contributed by atoms with E-state index in [-0.39, 0.29) is 0 Å². The Morgan fingerprint density at radius 2 is 1.81 bits per heavy atom. The number of H-pyrrole nitrogens is 1. The van der Waals surface area contributed by atoms with Crippen LogP contribution in [0.4, 0.5) is 0 Å². The maximum absolute atomic E-state index is 6.03. The predicted molar refractivity (Wildman–Crippen MR) is 103 cm³/mol. The monoisotopic (exact) mass is 342 g/mol. The molecule has 1 aliphatic heterocycles. The number of nitrogens with zero attached hydrogens (tertiary/aromatic N) is 3. The van der Waals surface area contributed by atoms with Crippen molar-refractivity contribution in [1.29, 1.82) is 0 Å². The Kier molecular flexibility index (Phi) is 3.56. The molecule has 3 heterocycles. The molecule has 5 nitrogen and oxygen atoms in total. The molecule has 0 aliphatic carbocycles. The second-order valence-corrected chi connectivity index (χ2v) is 6.46. The van der Waals surface area contributed by atoms with Gasteiger partial charge in [-0.1, -0.05) is 36.4 Å². The van der Waals surface area contributed by atoms with Gasteiger partial charge in [0.05, 0.1) is 23.9 Å². The molecule has 1 N–H and O–H groups in total. The number of aromatic amines is 1. The molecule has 1 aliphatic rings. The molecule has 0 fully saturated rings. The Morgan fingerprint density at radius 1 is 0.962 bits per heavy atom. The maximum Gasteiger partial charge on any atom is 0.174 e. The largest absolute Gasteiger partial charge is 0.453 e. The number of hydrogen-bond acceptors (Lipinski definition) is 4. The number of rotatable bonds is 4. The Balaban J connectivity index is 1.38. The van der Waals surface area contributed by atoms with Crippen molar-refractivity contribution in [1.82, 2.24) is 14.9 Å². The molecule has 0 bridgehead atoms. The molecule has 26 heavy (non-hydrogen) atoms. The molecule has 2 aromatic carbocycles. The second kappa shape index (κ2) is 6.19. The van der Waals surface area contributed by atoms with Gasteiger partial charge < -0.3 is 14.3 Å². The lowest BCUT2D eigenvalue weighted by Crippen LogP contribution is -2.18. The van der Waals surface area contributed by atoms with Crippen molar-refractivity contribution in [3.63, 3.8) is 0 Å². The fourth-order valence-corrected chi connectivity index (χ4v) is 3.24. The molecule has 128 valence electrons. The summed E-state index contributed by atoms with van der Waals surface area (Å²) >= 11 is 0. The highest BCUT2D eigenvalue weighted by molar-refractivity contribution is 5.78. The van der Waals surface area contributed by atoms with E-state index in [1.807, 2.05) is 42.7 Å². The van der Waals surface area contributed by atoms with Crippen molar-refractivity contribution in [3.8, 4) is 22.9 Å². The molecule has 0 atom stereocenters. The number of aliphatic imine (C=N–C) groups is 1. The number of para-hydroxylation sites is 2. The Morgan fingerprint density at radius 3 is 2.62 bits per heavy atom. The van der Waals surface area contributed by atoms with Crippen molar-refractivity contribution >= 4 is 17.4 Å². The first-order valence-electron chi connectivity index (χ1n) is 8.73. The van der Waals surface area contributed by atoms with Crippen molar-refractivity contribution in [2.45, 2.75) is 6.54 Å². The van der Waals surface area contributed by atoms with E-state index in [1.165, 1.54) is 5.56 Å². The molecule has 2 aromatic heterocycles. The molecule has 0 amide bonds. The first kappa shape index (κ1) is 15.0. The average molecular weight is 342 g/mol. The van der Waals surface area contributed by atoms with E-state index in [9.17, 15) is 0 Å². The van der Waals surface area contributed by atoms with E-state index in [2.05, 4.69) is 44.1 Å². The van der Waals surface area contributed by atoms with Gasteiger partial charge in [-0.15, -0.1) is 0 Å². The van der Waals surface area contributed by atoms with Crippen molar-refractivity contribution in [3.05, 3.63) is 66.2 Å². The van der Waals surface area contributed by atoms with Crippen LogP contribution in [-0.4, -0.2) is 34.3 Å². The highest BCUT2D eigenvalue weighted by Crippen LogP contribution is 2.28. The van der Waals surface area contributed by atoms with E-state index in [0.29, 0.717) is 0 Å². The van der Waals surface area contributed by atoms with Gasteiger partial charge in [-0.05, 0) is 29.8 Å². The number of hydrogen-bond donors (Lipinski definition) is 1. The van der Waals surface area contributed by atoms with E-state index >= 15 is 0 Å². The van der Waals surface area contributed by atoms with Gasteiger partial charge in [-0.2, -0.15) is 0 Å². The Bertz CT molecular complexity index is 1040. The van der Waals surface area contributed by atoms with Crippen LogP contribution < -0.4 is 0 Å². The summed E-state index contributed by atoms with van der Waals surface area (Å²) in [7, 11) is 0. The molecular formula is C21H18N4O. The summed E-state index contributed by atoms with van der Waals surface area (Å²) in [6, 6.07) is 20.4. The van der Waals surface area contributed by atoms with Crippen LogP contribution in [0.2, 0.25) is 0 Å². The maximum atomic E-state index is 6.03. The third-order valence-corrected chi connectivity index (χ3v) is 4.61. The highest BCUT2D eigenvalue weighted by Gasteiger charge is 2.11. The van der Waals surface area contributed by atoms with Crippen molar-refractivity contribution < 1.29 is 4.42 Å². The van der Waals surface area contributed by atoms with Crippen LogP contribution in [0, 0.1) is 0 Å². The van der Waals surface area contributed by atoms with Gasteiger partial charge in [-0.3, -0.25) is 4.99 Å². The van der Waals surface area contributed by atoms with E-state index in [1.54, 1.807) is 0 Å². The lowest BCUT2D eigenvalue weighted by molar-refractivity contribution is 0.463. The lowest BCUT2D eigenvalue weighted by atomic mass is 10.1. The number of imidazole rings is 1. The van der Waals surface area contributed by atoms with Crippen LogP contribution in [-0.2, 0) is 6.54 Å². The zero-order valence-corrected chi connectivity index (χ0v) is 14.2. The smallest absolute Gasteiger partial charge is 0.174 e. The molecular weight excluding hydrogens is 324 g/mol. The normalized spacial score (nSPS) is 13.8. The topological polar surface area (TPSA) is 57.4 Å². The first-order valence-corrected chi connectivity index (χ1v) is 8.73. The number of furan rings is 1. The van der Waals surface area contributed by atoms with Crippen LogP contribution in [0.3, 0.4) is 0 Å². The molecule has 4 aromatic rings. The molecule has 0 saturated heterocycles. The summed E-state index contributed by atoms with van der Waals surface area (Å²) in [5.41, 5.74) is 4.28. The van der Waals surface area contributed by atoms with Crippen molar-refractivity contribution in [2.75, 3.05) is 13.1 Å². The Hall–Kier alpha value is -3.34. The van der Waals surface area contributed by atoms with Gasteiger partial charge in [0, 0.05) is 18.7 Å². The SMILES string of the molecule is C1=NCCN1Cc1ccc(-c2ccc(-c3nc4ccccc4[nH]3)o2)cc1. The zero-order valence-electron chi connectivity index (χ0n) is 14.2. The molecule has 0 saturated carbocycles. The first-order chi connectivity index (χ1) is 12.8. The van der Waals surface area contributed by atoms with Gasteiger partial charge >= 0.3 is 0 Å². The third kappa shape index (κ3) is 2.77. The third-order valence-electron chi connectivity index (χ3n) is 4.61. The fourth-order valence-electron chi connectivity index (χ4n) is 3.24. The van der Waals surface area contributed by atoms with Crippen LogP contribution in [0.15, 0.2) is 70.1 Å². The minimum Gasteiger partial charge on any atom is -0.453 e. The van der Waals surface area contributed by atoms with Gasteiger partial charge in [0.25, 0.3) is 0 Å². The van der Waals surface area contributed by atoms with Crippen LogP contribution >= 0.6 is 0 Å². The summed E-state index contributed by atoms with van der Waals surface area (Å²) < 4.78 is 6.03. The van der Waals surface area contributed by atoms with E-state index in [4.69, 9.17) is 4.42 Å². The Labute approximate surface area is 151 Å². The molecule has 5 rings (SSSR count). The standard InChI is InChI=1S/C21H18N4O/c1-2-4-18-17(3-1)23-21(24-18)20-10-9-19(26-20)16-7-5-15(6-8-16)13-25-12-11-22-14-25/h1-10,14H,11-13H2,(H,23,24). The summed E-state index contributed by atoms with van der Waals surface area (Å²) in [4.78, 5) is 14.4. The van der Waals surface area contributed by atoms with Gasteiger partial charge in [-0.25, -0.2) is 4.98 Å². The predicted octanol–water partition coefficient (Wildman–Crippen LogP) is 4.33. The summed E-state index contributed by atoms with van der Waals surface area (Å²) in [6.45, 7) is 2.79.